The topological polar surface area (TPSA) is 516 Å². The number of amides is 2. The van der Waals surface area contributed by atoms with E-state index < -0.39 is 48.6 Å². The molecule has 150 heavy (non-hydrogen) atoms. The zero-order chi connectivity index (χ0) is 105. The quantitative estimate of drug-likeness (QED) is 0.00410. The van der Waals surface area contributed by atoms with Crippen LogP contribution in [0.2, 0.25) is 0 Å². The Kier molecular flexibility index (Phi) is 63.1. The minimum atomic E-state index is -1.40. The van der Waals surface area contributed by atoms with Crippen molar-refractivity contribution in [1.82, 2.24) is 24.9 Å². The van der Waals surface area contributed by atoms with Gasteiger partial charge in [0.25, 0.3) is 6.47 Å². The maximum Gasteiger partial charge on any atom is 1.00 e. The molecule has 2 amide bonds. The largest absolute Gasteiger partial charge is 1.00 e. The molecule has 17 rings (SSSR count). The van der Waals surface area contributed by atoms with Gasteiger partial charge in [-0.3, -0.25) is 58.0 Å². The standard InChI is InChI=1S/C25H28N2O4.C19H22BrNO4.C18H20BrNO4.C14H14BrNO2.C10H17NO4.C8H6BrNO.C7H10BNO2.C3H5BrO.CH2O3.2ClH.2K.Li.H2O.H/c1-2-30-24(29)16-27-9-4-7-22(27)23(28)14-18-12-20-8-10-31-25(20)21(13-18)19-6-3-5-17(11-19)15-26;1-19(2,3)25-18(23)21-7-4-5-15(21)16(22)11-12-9-13-6-8-24-17(13)14(20)10-12;1-2-23-17(22)11-20-6-3-4-15(20)16(21)10-12-8-13-5-7-24-18(13)14(19)9-12;15-11-7-9(6-10-3-5-18-14(10)11)8-13(17)12-2-1-4-16-12;1-10(2,3)15-9(14)11-6-4-5-7(11)8(12)13;9-7-4-6(10)3-5-1-2-11-8(5)7;9-5-6-2-1-3-7(4-6)8(10)11;1-3(5)2-4;2-1-4-3;;;;;;;/h3,5-6,8,10-13,22H,2,4,7,9,14-16,26H2,1H3;6,8-10,15H,4-5,7,11H2,1-3H3;5,7-9,15H,2-4,6,10-11H2,1H3;3,5-7,12,16H,1-2,4,8H2;7H,4-6H2,1-3H3,(H,12,13);1-4H,10H2;1-4,10-11H,5,9H2;2H2,1H3;1,3H;2*1H;;;;1H2;/q;;;;;;;;;;;3*+1;;-1/p-2/t22-;2*15-;12-;7-;;;;;;;;;;;/m00000.........../s1. The van der Waals surface area contributed by atoms with Crippen molar-refractivity contribution in [3.8, 4) is 11.1 Å². The number of likely N-dealkylation sites (tertiary alicyclic amines) is 4. The summed E-state index contributed by atoms with van der Waals surface area (Å²) in [5.41, 5.74) is 28.6. The van der Waals surface area contributed by atoms with E-state index in [-0.39, 0.29) is 238 Å². The van der Waals surface area contributed by atoms with E-state index in [1.807, 2.05) is 146 Å². The van der Waals surface area contributed by atoms with E-state index in [0.717, 1.165) is 194 Å². The zero-order valence-electron chi connectivity index (χ0n) is 87.1. The number of hydrogen-bond acceptors (Lipinski definition) is 31. The molecule has 45 heteroatoms. The molecule has 0 radical (unpaired) electrons. The predicted molar refractivity (Wildman–Crippen MR) is 581 cm³/mol. The van der Waals surface area contributed by atoms with Gasteiger partial charge in [0.1, 0.15) is 50.9 Å². The molecular weight excluding hydrogens is 2360 g/mol. The summed E-state index contributed by atoms with van der Waals surface area (Å²) in [4.78, 5) is 137. The second-order valence-electron chi connectivity index (χ2n) is 36.4. The Morgan fingerprint density at radius 3 is 1.23 bits per heavy atom. The maximum absolute atomic E-state index is 13.2. The van der Waals surface area contributed by atoms with Gasteiger partial charge in [0.15, 0.2) is 23.1 Å². The van der Waals surface area contributed by atoms with Crippen molar-refractivity contribution >= 4 is 243 Å². The first-order valence-electron chi connectivity index (χ1n) is 47.1. The number of aliphatic carboxylic acids is 1. The summed E-state index contributed by atoms with van der Waals surface area (Å²) in [5.74, 6) is -0.731. The summed E-state index contributed by atoms with van der Waals surface area (Å²) >= 11 is 16.8. The van der Waals surface area contributed by atoms with E-state index in [2.05, 4.69) is 95.9 Å². The van der Waals surface area contributed by atoms with E-state index in [0.29, 0.717) is 82.3 Å². The number of nitrogens with zero attached hydrogens (tertiary/aromatic N) is 4. The monoisotopic (exact) mass is 2480 g/mol. The number of nitrogens with two attached hydrogens (primary N) is 3. The maximum atomic E-state index is 13.2. The second-order valence-corrected chi connectivity index (χ2v) is 40.4. The van der Waals surface area contributed by atoms with E-state index in [1.165, 1.54) is 11.8 Å². The van der Waals surface area contributed by atoms with Crippen molar-refractivity contribution in [3.05, 3.63) is 222 Å². The summed E-state index contributed by atoms with van der Waals surface area (Å²) in [6, 6.07) is 42.4. The first-order valence-corrected chi connectivity index (χ1v) is 51.4. The van der Waals surface area contributed by atoms with Crippen molar-refractivity contribution < 1.29 is 248 Å². The molecule has 5 saturated heterocycles. The van der Waals surface area contributed by atoms with Crippen LogP contribution in [0.15, 0.2) is 211 Å². The molecule has 7 aromatic carbocycles. The van der Waals surface area contributed by atoms with Gasteiger partial charge in [0.2, 0.25) is 0 Å². The van der Waals surface area contributed by atoms with Crippen molar-refractivity contribution in [3.63, 3.8) is 0 Å². The molecule has 0 spiro atoms. The molecule has 5 atom stereocenters. The van der Waals surface area contributed by atoms with E-state index in [4.69, 9.17) is 83.4 Å². The number of carboxylic acid groups (broad SMARTS) is 1. The minimum Gasteiger partial charge on any atom is -1.00 e. The number of ketones is 5. The van der Waals surface area contributed by atoms with Crippen LogP contribution in [0, 0.1) is 0 Å². The van der Waals surface area contributed by atoms with Crippen LogP contribution in [0.5, 0.6) is 0 Å². The van der Waals surface area contributed by atoms with Crippen LogP contribution in [-0.2, 0) is 106 Å². The molecule has 0 unspecified atom stereocenters. The average Bonchev–Trinajstić information content (AvgIpc) is 1.68. The summed E-state index contributed by atoms with van der Waals surface area (Å²) in [6.07, 6.45) is 17.0. The molecule has 5 fully saturated rings. The molecule has 0 bridgehead atoms. The average molecular weight is 2480 g/mol. The molecule has 0 saturated carbocycles. The Morgan fingerprint density at radius 1 is 0.493 bits per heavy atom. The fourth-order valence-electron chi connectivity index (χ4n) is 16.8. The molecule has 34 nitrogen and oxygen atoms in total. The SMILES string of the molecule is CC(=O)CBr.CC(C)(C)OC(=O)N1CCC[C@H]1C(=O)Cc1cc(Br)c2occc2c1.CC(C)(C)OC(=O)N1CCC[C@H]1C(=O)O.CCOC(=O)CN1CCC[C@H]1C(=O)Cc1cc(-c2cccc(CN)c2)c2occc2c1.CCOC(=O)CN1CCC[C@H]1C(=O)Cc1cc(Br)c2occc2c1.Cl.Cl.NCc1cccc(B(O)O)c1.Nc1cc(Br)c2occc2c1.O=C(Cc1cc(Br)c2occc2c1)[C@@H]1CCCN1.O=CO[O-].[H-].[K+].[K+].[Li+].[OH-]. The first kappa shape index (κ1) is 138. The summed E-state index contributed by atoms with van der Waals surface area (Å²) < 4.78 is 51.2. The van der Waals surface area contributed by atoms with Crippen LogP contribution in [0.25, 0.3) is 66.0 Å². The number of esters is 2. The minimum absolute atomic E-state index is 0. The molecule has 798 valence electrons. The molecule has 12 aromatic rings. The van der Waals surface area contributed by atoms with Crippen LogP contribution in [-0.4, -0.2) is 219 Å². The fourth-order valence-corrected chi connectivity index (χ4v) is 19.2. The van der Waals surface area contributed by atoms with Gasteiger partial charge in [-0.05, 0) is 351 Å². The number of rotatable bonds is 25. The fraction of sp³-hybridized carbons (Fsp3) is 0.400. The second kappa shape index (κ2) is 68.8. The summed E-state index contributed by atoms with van der Waals surface area (Å²) in [6.45, 7) is 21.2. The molecule has 5 aliphatic rings. The number of furan rings is 5. The van der Waals surface area contributed by atoms with Crippen LogP contribution < -0.4 is 155 Å². The Morgan fingerprint density at radius 2 is 0.847 bits per heavy atom. The van der Waals surface area contributed by atoms with Crippen molar-refractivity contribution in [1.29, 1.82) is 0 Å². The Hall–Kier alpha value is -6.63. The number of ether oxygens (including phenoxy) is 4. The van der Waals surface area contributed by atoms with Crippen LogP contribution in [0.4, 0.5) is 15.3 Å². The molecular formula is C105H127BBr5Cl2K2LiN8O26. The van der Waals surface area contributed by atoms with Gasteiger partial charge in [-0.15, -0.1) is 24.8 Å². The number of nitrogens with one attached hydrogen (secondary N) is 1. The van der Waals surface area contributed by atoms with Gasteiger partial charge < -0.3 is 95.8 Å². The van der Waals surface area contributed by atoms with Gasteiger partial charge in [-0.25, -0.2) is 14.4 Å². The van der Waals surface area contributed by atoms with Gasteiger partial charge in [-0.2, -0.15) is 0 Å². The number of fused-ring (bicyclic) bond motifs is 5. The van der Waals surface area contributed by atoms with E-state index in [9.17, 15) is 47.9 Å². The summed E-state index contributed by atoms with van der Waals surface area (Å²) in [5, 5.41) is 43.5. The number of halogens is 7. The molecule has 5 aromatic heterocycles. The molecule has 0 aliphatic carbocycles. The Labute approximate surface area is 1020 Å². The number of carbonyl (C=O) groups excluding carboxylic acids is 10. The molecule has 10 heterocycles. The van der Waals surface area contributed by atoms with E-state index in [1.54, 1.807) is 89.0 Å². The van der Waals surface area contributed by atoms with Crippen molar-refractivity contribution in [2.75, 3.05) is 70.1 Å². The third kappa shape index (κ3) is 43.4. The number of alkyl halides is 1. The number of anilines is 1. The Bertz CT molecular complexity index is 6390. The smallest absolute Gasteiger partial charge is 1.00 e. The normalized spacial score (nSPS) is 15.7. The molecule has 5 aliphatic heterocycles. The number of carbonyl (C=O) groups is 11. The number of hydrogen-bond donors (Lipinski definition) is 7. The van der Waals surface area contributed by atoms with Crippen LogP contribution in [0.1, 0.15) is 161 Å². The third-order valence-corrected chi connectivity index (χ3v) is 26.3. The zero-order valence-corrected chi connectivity index (χ0v) is 102. The van der Waals surface area contributed by atoms with Crippen molar-refractivity contribution in [2.24, 2.45) is 11.5 Å². The third-order valence-electron chi connectivity index (χ3n) is 23.1. The van der Waals surface area contributed by atoms with Crippen molar-refractivity contribution in [2.45, 2.75) is 207 Å². The Balaban J connectivity index is 0.000000595. The van der Waals surface area contributed by atoms with Gasteiger partial charge in [0, 0.05) is 90.0 Å². The summed E-state index contributed by atoms with van der Waals surface area (Å²) in [7, 11) is -1.40. The van der Waals surface area contributed by atoms with Gasteiger partial charge in [-0.1, -0.05) is 58.4 Å². The number of Topliss-reactive ketones (excluding diaryl/α,β-unsaturated/α-hetero) is 5. The van der Waals surface area contributed by atoms with E-state index >= 15 is 0 Å². The van der Waals surface area contributed by atoms with Crippen LogP contribution >= 0.6 is 104 Å². The number of nitrogen functional groups attached to an aromatic ring is 1. The first-order chi connectivity index (χ1) is 68.6. The molecule has 11 N–H and O–H groups in total. The van der Waals surface area contributed by atoms with Gasteiger partial charge in [0.05, 0.1) is 105 Å². The van der Waals surface area contributed by atoms with Gasteiger partial charge >= 0.3 is 159 Å². The number of benzene rings is 7. The predicted octanol–water partition coefficient (Wildman–Crippen LogP) is 9.07. The number of carboxylic acids is 1. The van der Waals surface area contributed by atoms with Crippen LogP contribution in [0.3, 0.4) is 0 Å².